The zero-order valence-electron chi connectivity index (χ0n) is 11.6. The van der Waals surface area contributed by atoms with Crippen LogP contribution in [0, 0.1) is 12.3 Å². The third-order valence-electron chi connectivity index (χ3n) is 4.35. The fourth-order valence-corrected chi connectivity index (χ4v) is 3.12. The predicted molar refractivity (Wildman–Crippen MR) is 68.2 cm³/mol. The van der Waals surface area contributed by atoms with E-state index in [1.807, 2.05) is 4.90 Å². The average Bonchev–Trinajstić information content (AvgIpc) is 2.90. The van der Waals surface area contributed by atoms with Crippen molar-refractivity contribution in [2.75, 3.05) is 26.7 Å². The molecule has 2 saturated heterocycles. The molecule has 1 spiro atoms. The predicted octanol–water partition coefficient (Wildman–Crippen LogP) is 0.822. The molecule has 0 N–H and O–H groups in total. The van der Waals surface area contributed by atoms with Crippen molar-refractivity contribution in [1.82, 2.24) is 19.9 Å². The van der Waals surface area contributed by atoms with E-state index in [9.17, 15) is 4.79 Å². The normalized spacial score (nSPS) is 23.5. The van der Waals surface area contributed by atoms with Crippen LogP contribution in [0.5, 0.6) is 0 Å². The Labute approximate surface area is 112 Å². The van der Waals surface area contributed by atoms with Gasteiger partial charge in [0.25, 0.3) is 0 Å². The Balaban J connectivity index is 1.66. The zero-order valence-corrected chi connectivity index (χ0v) is 11.6. The molecule has 0 aliphatic carbocycles. The van der Waals surface area contributed by atoms with Gasteiger partial charge in [-0.1, -0.05) is 5.16 Å². The molecule has 1 amide bonds. The van der Waals surface area contributed by atoms with E-state index in [1.54, 1.807) is 6.92 Å². The Bertz CT molecular complexity index is 477. The van der Waals surface area contributed by atoms with Gasteiger partial charge in [0, 0.05) is 13.0 Å². The highest BCUT2D eigenvalue weighted by Crippen LogP contribution is 2.41. The number of hydrogen-bond donors (Lipinski definition) is 0. The number of aryl methyl sites for hydroxylation is 1. The molecule has 6 heteroatoms. The average molecular weight is 264 g/mol. The molecule has 2 aliphatic heterocycles. The molecular formula is C13H20N4O2. The summed E-state index contributed by atoms with van der Waals surface area (Å²) in [5.74, 6) is 1.38. The number of amides is 1. The summed E-state index contributed by atoms with van der Waals surface area (Å²) >= 11 is 0. The maximum atomic E-state index is 12.2. The maximum absolute atomic E-state index is 12.2. The molecule has 2 aliphatic rings. The van der Waals surface area contributed by atoms with Crippen molar-refractivity contribution in [1.29, 1.82) is 0 Å². The molecule has 0 saturated carbocycles. The molecular weight excluding hydrogens is 244 g/mol. The summed E-state index contributed by atoms with van der Waals surface area (Å²) in [6.45, 7) is 5.25. The first-order valence-electron chi connectivity index (χ1n) is 6.82. The van der Waals surface area contributed by atoms with Crippen LogP contribution in [0.4, 0.5) is 0 Å². The summed E-state index contributed by atoms with van der Waals surface area (Å²) in [7, 11) is 2.14. The molecule has 3 heterocycles. The number of rotatable bonds is 2. The molecule has 0 radical (unpaired) electrons. The smallest absolute Gasteiger partial charge is 0.246 e. The number of carbonyl (C=O) groups is 1. The van der Waals surface area contributed by atoms with Gasteiger partial charge in [-0.25, -0.2) is 0 Å². The van der Waals surface area contributed by atoms with Crippen LogP contribution in [-0.2, 0) is 11.3 Å². The summed E-state index contributed by atoms with van der Waals surface area (Å²) in [4.78, 5) is 20.5. The topological polar surface area (TPSA) is 62.5 Å². The first-order chi connectivity index (χ1) is 9.06. The standard InChI is InChI=1S/C13H20N4O2/c1-10-14-11(19-15-10)8-17-9-13(7-12(17)18)3-5-16(2)6-4-13/h3-9H2,1-2H3. The summed E-state index contributed by atoms with van der Waals surface area (Å²) in [5, 5.41) is 3.77. The third kappa shape index (κ3) is 2.49. The molecule has 6 nitrogen and oxygen atoms in total. The van der Waals surface area contributed by atoms with Gasteiger partial charge in [0.15, 0.2) is 5.82 Å². The number of piperidine rings is 1. The second-order valence-electron chi connectivity index (χ2n) is 5.97. The molecule has 1 aromatic rings. The van der Waals surface area contributed by atoms with Gasteiger partial charge in [-0.05, 0) is 45.3 Å². The van der Waals surface area contributed by atoms with Gasteiger partial charge >= 0.3 is 0 Å². The van der Waals surface area contributed by atoms with Crippen molar-refractivity contribution >= 4 is 5.91 Å². The molecule has 0 bridgehead atoms. The lowest BCUT2D eigenvalue weighted by Crippen LogP contribution is -2.39. The van der Waals surface area contributed by atoms with Gasteiger partial charge < -0.3 is 14.3 Å². The van der Waals surface area contributed by atoms with E-state index in [4.69, 9.17) is 4.52 Å². The summed E-state index contributed by atoms with van der Waals surface area (Å²) in [5.41, 5.74) is 0.179. The van der Waals surface area contributed by atoms with E-state index in [0.717, 1.165) is 32.5 Å². The van der Waals surface area contributed by atoms with Gasteiger partial charge in [0.05, 0.1) is 6.54 Å². The summed E-state index contributed by atoms with van der Waals surface area (Å²) in [6.07, 6.45) is 2.89. The highest BCUT2D eigenvalue weighted by Gasteiger charge is 2.44. The van der Waals surface area contributed by atoms with Crippen LogP contribution < -0.4 is 0 Å². The SMILES string of the molecule is Cc1noc(CN2CC3(CCN(C)CC3)CC2=O)n1. The van der Waals surface area contributed by atoms with Gasteiger partial charge in [-0.3, -0.25) is 4.79 Å². The molecule has 0 aromatic carbocycles. The largest absolute Gasteiger partial charge is 0.337 e. The van der Waals surface area contributed by atoms with Crippen LogP contribution in [0.3, 0.4) is 0 Å². The van der Waals surface area contributed by atoms with Gasteiger partial charge in [0.1, 0.15) is 0 Å². The molecule has 0 unspecified atom stereocenters. The number of nitrogens with zero attached hydrogens (tertiary/aromatic N) is 4. The maximum Gasteiger partial charge on any atom is 0.246 e. The molecule has 1 aromatic heterocycles. The van der Waals surface area contributed by atoms with E-state index < -0.39 is 0 Å². The van der Waals surface area contributed by atoms with Crippen molar-refractivity contribution < 1.29 is 9.32 Å². The third-order valence-corrected chi connectivity index (χ3v) is 4.35. The van der Waals surface area contributed by atoms with Crippen LogP contribution in [0.15, 0.2) is 4.52 Å². The number of likely N-dealkylation sites (tertiary alicyclic amines) is 2. The molecule has 0 atom stereocenters. The van der Waals surface area contributed by atoms with Crippen molar-refractivity contribution in [3.8, 4) is 0 Å². The second kappa shape index (κ2) is 4.59. The van der Waals surface area contributed by atoms with Gasteiger partial charge in [-0.2, -0.15) is 4.98 Å². The van der Waals surface area contributed by atoms with E-state index in [2.05, 4.69) is 22.1 Å². The van der Waals surface area contributed by atoms with Crippen LogP contribution in [0.1, 0.15) is 31.0 Å². The summed E-state index contributed by atoms with van der Waals surface area (Å²) < 4.78 is 5.10. The number of carbonyl (C=O) groups excluding carboxylic acids is 1. The summed E-state index contributed by atoms with van der Waals surface area (Å²) in [6, 6.07) is 0. The monoisotopic (exact) mass is 264 g/mol. The minimum atomic E-state index is 0.179. The lowest BCUT2D eigenvalue weighted by Gasteiger charge is -2.37. The second-order valence-corrected chi connectivity index (χ2v) is 5.97. The highest BCUT2D eigenvalue weighted by atomic mass is 16.5. The Morgan fingerprint density at radius 1 is 1.37 bits per heavy atom. The molecule has 3 rings (SSSR count). The quantitative estimate of drug-likeness (QED) is 0.791. The Kier molecular flexibility index (Phi) is 3.05. The molecule has 19 heavy (non-hydrogen) atoms. The van der Waals surface area contributed by atoms with Gasteiger partial charge in [0.2, 0.25) is 11.8 Å². The van der Waals surface area contributed by atoms with Crippen LogP contribution in [0.2, 0.25) is 0 Å². The van der Waals surface area contributed by atoms with Crippen LogP contribution >= 0.6 is 0 Å². The van der Waals surface area contributed by atoms with Crippen molar-refractivity contribution in [3.05, 3.63) is 11.7 Å². The van der Waals surface area contributed by atoms with Crippen LogP contribution in [-0.4, -0.2) is 52.5 Å². The first kappa shape index (κ1) is 12.6. The minimum Gasteiger partial charge on any atom is -0.337 e. The van der Waals surface area contributed by atoms with Gasteiger partial charge in [-0.15, -0.1) is 0 Å². The highest BCUT2D eigenvalue weighted by molar-refractivity contribution is 5.79. The van der Waals surface area contributed by atoms with Crippen molar-refractivity contribution in [3.63, 3.8) is 0 Å². The number of aromatic nitrogens is 2. The minimum absolute atomic E-state index is 0.179. The van der Waals surface area contributed by atoms with E-state index >= 15 is 0 Å². The lowest BCUT2D eigenvalue weighted by atomic mass is 9.78. The van der Waals surface area contributed by atoms with E-state index in [-0.39, 0.29) is 11.3 Å². The molecule has 104 valence electrons. The fraction of sp³-hybridized carbons (Fsp3) is 0.769. The Hall–Kier alpha value is -1.43. The van der Waals surface area contributed by atoms with Crippen molar-refractivity contribution in [2.45, 2.75) is 32.7 Å². The zero-order chi connectivity index (χ0) is 13.5. The van der Waals surface area contributed by atoms with E-state index in [0.29, 0.717) is 24.7 Å². The number of hydrogen-bond acceptors (Lipinski definition) is 5. The van der Waals surface area contributed by atoms with Crippen molar-refractivity contribution in [2.24, 2.45) is 5.41 Å². The molecule has 2 fully saturated rings. The first-order valence-corrected chi connectivity index (χ1v) is 6.82. The lowest BCUT2D eigenvalue weighted by molar-refractivity contribution is -0.128. The van der Waals surface area contributed by atoms with Crippen LogP contribution in [0.25, 0.3) is 0 Å². The Morgan fingerprint density at radius 2 is 2.11 bits per heavy atom. The Morgan fingerprint density at radius 3 is 2.74 bits per heavy atom. The fourth-order valence-electron chi connectivity index (χ4n) is 3.12. The van der Waals surface area contributed by atoms with E-state index in [1.165, 1.54) is 0 Å².